The maximum absolute atomic E-state index is 8.93. The average molecular weight is 298 g/mol. The lowest BCUT2D eigenvalue weighted by molar-refractivity contribution is 0.0979. The van der Waals surface area contributed by atoms with E-state index in [2.05, 4.69) is 28.9 Å². The number of hydrogen-bond donors (Lipinski definition) is 0. The summed E-state index contributed by atoms with van der Waals surface area (Å²) in [5, 5.41) is 8.93. The van der Waals surface area contributed by atoms with E-state index in [1.54, 1.807) is 12.1 Å². The molecule has 0 aliphatic rings. The van der Waals surface area contributed by atoms with Crippen molar-refractivity contribution in [1.29, 1.82) is 5.26 Å². The molecule has 3 nitrogen and oxygen atoms in total. The van der Waals surface area contributed by atoms with Gasteiger partial charge in [-0.3, -0.25) is 0 Å². The van der Waals surface area contributed by atoms with Crippen molar-refractivity contribution in [1.82, 2.24) is 0 Å². The molecule has 0 heterocycles. The molecule has 0 spiro atoms. The van der Waals surface area contributed by atoms with Gasteiger partial charge in [0.2, 0.25) is 0 Å². The van der Waals surface area contributed by atoms with Crippen LogP contribution in [0.3, 0.4) is 0 Å². The number of benzene rings is 1. The molecule has 0 atom stereocenters. The highest BCUT2D eigenvalue weighted by atomic mass is 79.9. The van der Waals surface area contributed by atoms with Gasteiger partial charge in [-0.05, 0) is 24.6 Å². The molecule has 4 heteroatoms. The molecule has 92 valence electrons. The molecule has 1 rings (SSSR count). The zero-order valence-electron chi connectivity index (χ0n) is 9.91. The Morgan fingerprint density at radius 2 is 2.12 bits per heavy atom. The third kappa shape index (κ3) is 5.20. The third-order valence-electron chi connectivity index (χ3n) is 2.19. The van der Waals surface area contributed by atoms with Crippen molar-refractivity contribution in [2.24, 2.45) is 0 Å². The molecular formula is C13H16BrNO2. The lowest BCUT2D eigenvalue weighted by Gasteiger charge is -2.08. The number of rotatable bonds is 7. The van der Waals surface area contributed by atoms with Crippen LogP contribution in [0.25, 0.3) is 0 Å². The molecule has 1 aromatic rings. The van der Waals surface area contributed by atoms with Gasteiger partial charge in [-0.25, -0.2) is 0 Å². The first-order valence-electron chi connectivity index (χ1n) is 5.68. The van der Waals surface area contributed by atoms with Gasteiger partial charge in [0.25, 0.3) is 0 Å². The van der Waals surface area contributed by atoms with E-state index in [4.69, 9.17) is 14.7 Å². The summed E-state index contributed by atoms with van der Waals surface area (Å²) >= 11 is 3.32. The summed E-state index contributed by atoms with van der Waals surface area (Å²) in [4.78, 5) is 0. The third-order valence-corrected chi connectivity index (χ3v) is 2.68. The Labute approximate surface area is 110 Å². The SMILES string of the molecule is CCCCOCCOc1ccc(Br)cc1C#N. The number of ether oxygens (including phenoxy) is 2. The summed E-state index contributed by atoms with van der Waals surface area (Å²) in [6.07, 6.45) is 2.20. The zero-order valence-corrected chi connectivity index (χ0v) is 11.5. The molecule has 0 saturated carbocycles. The first kappa shape index (κ1) is 14.0. The number of unbranched alkanes of at least 4 members (excludes halogenated alkanes) is 1. The minimum Gasteiger partial charge on any atom is -0.490 e. The van der Waals surface area contributed by atoms with Crippen LogP contribution in [0.15, 0.2) is 22.7 Å². The van der Waals surface area contributed by atoms with E-state index >= 15 is 0 Å². The smallest absolute Gasteiger partial charge is 0.137 e. The van der Waals surface area contributed by atoms with E-state index in [-0.39, 0.29) is 0 Å². The van der Waals surface area contributed by atoms with Crippen LogP contribution in [0.4, 0.5) is 0 Å². The molecule has 0 fully saturated rings. The molecule has 0 aromatic heterocycles. The van der Waals surface area contributed by atoms with Crippen LogP contribution < -0.4 is 4.74 Å². The number of nitrogens with zero attached hydrogens (tertiary/aromatic N) is 1. The molecule has 0 radical (unpaired) electrons. The van der Waals surface area contributed by atoms with Crippen LogP contribution in [0.5, 0.6) is 5.75 Å². The van der Waals surface area contributed by atoms with E-state index in [1.165, 1.54) is 0 Å². The topological polar surface area (TPSA) is 42.2 Å². The van der Waals surface area contributed by atoms with Gasteiger partial charge in [0.1, 0.15) is 18.4 Å². The Kier molecular flexibility index (Phi) is 6.68. The second kappa shape index (κ2) is 8.10. The van der Waals surface area contributed by atoms with Gasteiger partial charge in [0.05, 0.1) is 12.2 Å². The summed E-state index contributed by atoms with van der Waals surface area (Å²) in [5.41, 5.74) is 0.535. The number of nitriles is 1. The first-order chi connectivity index (χ1) is 8.27. The van der Waals surface area contributed by atoms with Crippen molar-refractivity contribution in [2.45, 2.75) is 19.8 Å². The lowest BCUT2D eigenvalue weighted by Crippen LogP contribution is -2.08. The fraction of sp³-hybridized carbons (Fsp3) is 0.462. The molecule has 0 aliphatic carbocycles. The standard InChI is InChI=1S/C13H16BrNO2/c1-2-3-6-16-7-8-17-13-5-4-12(14)9-11(13)10-15/h4-5,9H,2-3,6-8H2,1H3. The predicted octanol–water partition coefficient (Wildman–Crippen LogP) is 3.52. The summed E-state index contributed by atoms with van der Waals surface area (Å²) in [6.45, 7) is 3.92. The van der Waals surface area contributed by atoms with Crippen molar-refractivity contribution >= 4 is 15.9 Å². The van der Waals surface area contributed by atoms with Crippen molar-refractivity contribution in [3.05, 3.63) is 28.2 Å². The van der Waals surface area contributed by atoms with E-state index in [0.29, 0.717) is 24.5 Å². The molecule has 0 unspecified atom stereocenters. The van der Waals surface area contributed by atoms with Crippen LogP contribution in [-0.4, -0.2) is 19.8 Å². The Morgan fingerprint density at radius 1 is 1.29 bits per heavy atom. The van der Waals surface area contributed by atoms with Crippen LogP contribution in [0, 0.1) is 11.3 Å². The van der Waals surface area contributed by atoms with Gasteiger partial charge in [-0.1, -0.05) is 29.3 Å². The summed E-state index contributed by atoms with van der Waals surface area (Å²) in [5.74, 6) is 0.606. The monoisotopic (exact) mass is 297 g/mol. The average Bonchev–Trinajstić information content (AvgIpc) is 2.35. The zero-order chi connectivity index (χ0) is 12.5. The van der Waals surface area contributed by atoms with Crippen molar-refractivity contribution in [3.8, 4) is 11.8 Å². The largest absolute Gasteiger partial charge is 0.490 e. The van der Waals surface area contributed by atoms with E-state index < -0.39 is 0 Å². The Balaban J connectivity index is 2.34. The maximum Gasteiger partial charge on any atom is 0.137 e. The molecule has 0 saturated heterocycles. The first-order valence-corrected chi connectivity index (χ1v) is 6.47. The van der Waals surface area contributed by atoms with Crippen LogP contribution in [-0.2, 0) is 4.74 Å². The normalized spacial score (nSPS) is 9.94. The van der Waals surface area contributed by atoms with Gasteiger partial charge in [0, 0.05) is 11.1 Å². The van der Waals surface area contributed by atoms with E-state index in [1.807, 2.05) is 6.07 Å². The summed E-state index contributed by atoms with van der Waals surface area (Å²) in [6, 6.07) is 7.49. The molecule has 0 bridgehead atoms. The highest BCUT2D eigenvalue weighted by molar-refractivity contribution is 9.10. The molecule has 0 aliphatic heterocycles. The fourth-order valence-corrected chi connectivity index (χ4v) is 1.64. The van der Waals surface area contributed by atoms with Gasteiger partial charge >= 0.3 is 0 Å². The van der Waals surface area contributed by atoms with Crippen molar-refractivity contribution in [2.75, 3.05) is 19.8 Å². The number of hydrogen-bond acceptors (Lipinski definition) is 3. The van der Waals surface area contributed by atoms with Crippen molar-refractivity contribution < 1.29 is 9.47 Å². The van der Waals surface area contributed by atoms with Gasteiger partial charge < -0.3 is 9.47 Å². The van der Waals surface area contributed by atoms with Crippen LogP contribution in [0.2, 0.25) is 0 Å². The second-order valence-corrected chi connectivity index (χ2v) is 4.48. The maximum atomic E-state index is 8.93. The Hall–Kier alpha value is -1.05. The molecule has 0 amide bonds. The Bertz CT molecular complexity index is 387. The molecule has 0 N–H and O–H groups in total. The van der Waals surface area contributed by atoms with E-state index in [9.17, 15) is 0 Å². The highest BCUT2D eigenvalue weighted by Crippen LogP contribution is 2.22. The van der Waals surface area contributed by atoms with E-state index in [0.717, 1.165) is 23.9 Å². The van der Waals surface area contributed by atoms with Gasteiger partial charge in [-0.15, -0.1) is 0 Å². The highest BCUT2D eigenvalue weighted by Gasteiger charge is 2.03. The second-order valence-electron chi connectivity index (χ2n) is 3.57. The minimum absolute atomic E-state index is 0.472. The molecule has 17 heavy (non-hydrogen) atoms. The summed E-state index contributed by atoms with van der Waals surface area (Å²) in [7, 11) is 0. The number of halogens is 1. The van der Waals surface area contributed by atoms with Gasteiger partial charge in [-0.2, -0.15) is 5.26 Å². The fourth-order valence-electron chi connectivity index (χ4n) is 1.27. The predicted molar refractivity (Wildman–Crippen MR) is 70.1 cm³/mol. The van der Waals surface area contributed by atoms with Gasteiger partial charge in [0.15, 0.2) is 0 Å². The quantitative estimate of drug-likeness (QED) is 0.723. The minimum atomic E-state index is 0.472. The molecule has 1 aromatic carbocycles. The lowest BCUT2D eigenvalue weighted by atomic mass is 10.2. The van der Waals surface area contributed by atoms with Crippen LogP contribution >= 0.6 is 15.9 Å². The van der Waals surface area contributed by atoms with Crippen molar-refractivity contribution in [3.63, 3.8) is 0 Å². The molecular weight excluding hydrogens is 282 g/mol. The van der Waals surface area contributed by atoms with Crippen LogP contribution in [0.1, 0.15) is 25.3 Å². The summed E-state index contributed by atoms with van der Waals surface area (Å²) < 4.78 is 11.7. The Morgan fingerprint density at radius 3 is 2.82 bits per heavy atom.